The van der Waals surface area contributed by atoms with Gasteiger partial charge in [0.25, 0.3) is 11.8 Å². The van der Waals surface area contributed by atoms with Crippen molar-refractivity contribution in [1.82, 2.24) is 0 Å². The Bertz CT molecular complexity index is 927. The molecule has 1 heterocycles. The average molecular weight is 429 g/mol. The molecule has 0 saturated carbocycles. The molecule has 30 heavy (non-hydrogen) atoms. The Morgan fingerprint density at radius 1 is 1.30 bits per heavy atom. The highest BCUT2D eigenvalue weighted by atomic mass is 32.1. The molecule has 162 valence electrons. The Balaban J connectivity index is 1.82. The maximum atomic E-state index is 12.9. The predicted octanol–water partition coefficient (Wildman–Crippen LogP) is 5.43. The molecule has 6 heteroatoms. The van der Waals surface area contributed by atoms with Crippen molar-refractivity contribution in [2.24, 2.45) is 17.1 Å². The number of amides is 2. The highest BCUT2D eigenvalue weighted by Gasteiger charge is 2.33. The van der Waals surface area contributed by atoms with Crippen molar-refractivity contribution < 1.29 is 14.3 Å². The number of hydrogen-bond acceptors (Lipinski definition) is 4. The van der Waals surface area contributed by atoms with Gasteiger partial charge in [-0.3, -0.25) is 9.59 Å². The van der Waals surface area contributed by atoms with Crippen LogP contribution in [-0.2, 0) is 12.8 Å². The van der Waals surface area contributed by atoms with Crippen LogP contribution in [0.2, 0.25) is 0 Å². The van der Waals surface area contributed by atoms with E-state index in [2.05, 4.69) is 33.0 Å². The first kappa shape index (κ1) is 22.3. The van der Waals surface area contributed by atoms with Crippen molar-refractivity contribution in [2.45, 2.75) is 59.8 Å². The maximum absolute atomic E-state index is 12.9. The summed E-state index contributed by atoms with van der Waals surface area (Å²) in [5.41, 5.74) is 7.90. The summed E-state index contributed by atoms with van der Waals surface area (Å²) in [6, 6.07) is 7.13. The largest absolute Gasteiger partial charge is 0.494 e. The van der Waals surface area contributed by atoms with Gasteiger partial charge in [0, 0.05) is 10.4 Å². The standard InChI is InChI=1S/C24H32N2O3S/c1-5-6-12-29-17-9-7-8-15(13-17)22(28)26-23-20(21(25)27)18-11-10-16(24(2,3)4)14-19(18)30-23/h7-9,13,16H,5-6,10-12,14H2,1-4H3,(H2,25,27)(H,26,28). The predicted molar refractivity (Wildman–Crippen MR) is 123 cm³/mol. The van der Waals surface area contributed by atoms with Crippen molar-refractivity contribution in [3.63, 3.8) is 0 Å². The number of anilines is 1. The molecule has 0 spiro atoms. The fourth-order valence-electron chi connectivity index (χ4n) is 3.91. The molecule has 1 aliphatic carbocycles. The quantitative estimate of drug-likeness (QED) is 0.577. The van der Waals surface area contributed by atoms with Gasteiger partial charge in [0.15, 0.2) is 0 Å². The smallest absolute Gasteiger partial charge is 0.256 e. The van der Waals surface area contributed by atoms with E-state index in [0.717, 1.165) is 37.7 Å². The lowest BCUT2D eigenvalue weighted by Gasteiger charge is -2.33. The summed E-state index contributed by atoms with van der Waals surface area (Å²) in [4.78, 5) is 26.3. The summed E-state index contributed by atoms with van der Waals surface area (Å²) in [5, 5.41) is 3.50. The van der Waals surface area contributed by atoms with Crippen molar-refractivity contribution in [1.29, 1.82) is 0 Å². The van der Waals surface area contributed by atoms with Gasteiger partial charge in [-0.2, -0.15) is 0 Å². The van der Waals surface area contributed by atoms with Gasteiger partial charge in [0.1, 0.15) is 10.8 Å². The van der Waals surface area contributed by atoms with Gasteiger partial charge < -0.3 is 15.8 Å². The van der Waals surface area contributed by atoms with Gasteiger partial charge in [0.05, 0.1) is 12.2 Å². The second-order valence-corrected chi connectivity index (χ2v) is 10.2. The molecule has 0 saturated heterocycles. The SMILES string of the molecule is CCCCOc1cccc(C(=O)Nc2sc3c(c2C(N)=O)CCC(C(C)(C)C)C3)c1. The minimum absolute atomic E-state index is 0.205. The lowest BCUT2D eigenvalue weighted by molar-refractivity contribution is 0.1000. The van der Waals surface area contributed by atoms with Gasteiger partial charge in [-0.05, 0) is 60.8 Å². The number of fused-ring (bicyclic) bond motifs is 1. The van der Waals surface area contributed by atoms with E-state index in [1.165, 1.54) is 16.2 Å². The Morgan fingerprint density at radius 3 is 2.73 bits per heavy atom. The summed E-state index contributed by atoms with van der Waals surface area (Å²) >= 11 is 1.49. The van der Waals surface area contributed by atoms with E-state index in [0.29, 0.717) is 34.4 Å². The summed E-state index contributed by atoms with van der Waals surface area (Å²) in [6.45, 7) is 9.49. The molecule has 0 fully saturated rings. The molecule has 1 aromatic heterocycles. The number of rotatable bonds is 7. The Labute approximate surface area is 183 Å². The number of unbranched alkanes of at least 4 members (excludes halogenated alkanes) is 1. The lowest BCUT2D eigenvalue weighted by Crippen LogP contribution is -2.27. The molecule has 5 nitrogen and oxygen atoms in total. The average Bonchev–Trinajstić information content (AvgIpc) is 3.05. The third-order valence-electron chi connectivity index (χ3n) is 5.83. The number of primary amides is 1. The Hall–Kier alpha value is -2.34. The van der Waals surface area contributed by atoms with Gasteiger partial charge in [-0.15, -0.1) is 11.3 Å². The molecule has 0 aliphatic heterocycles. The molecule has 1 unspecified atom stereocenters. The van der Waals surface area contributed by atoms with Crippen molar-refractivity contribution >= 4 is 28.2 Å². The Morgan fingerprint density at radius 2 is 2.07 bits per heavy atom. The molecule has 0 bridgehead atoms. The van der Waals surface area contributed by atoms with Crippen molar-refractivity contribution in [3.05, 3.63) is 45.8 Å². The molecule has 2 amide bonds. The highest BCUT2D eigenvalue weighted by molar-refractivity contribution is 7.17. The monoisotopic (exact) mass is 428 g/mol. The zero-order valence-corrected chi connectivity index (χ0v) is 19.2. The maximum Gasteiger partial charge on any atom is 0.256 e. The summed E-state index contributed by atoms with van der Waals surface area (Å²) in [6.07, 6.45) is 4.78. The number of benzene rings is 1. The van der Waals surface area contributed by atoms with E-state index in [1.54, 1.807) is 18.2 Å². The molecular formula is C24H32N2O3S. The second-order valence-electron chi connectivity index (χ2n) is 9.06. The lowest BCUT2D eigenvalue weighted by atomic mass is 9.72. The van der Waals surface area contributed by atoms with Crippen LogP contribution in [0.5, 0.6) is 5.75 Å². The van der Waals surface area contributed by atoms with Crippen LogP contribution in [0.4, 0.5) is 5.00 Å². The first-order valence-electron chi connectivity index (χ1n) is 10.7. The van der Waals surface area contributed by atoms with Gasteiger partial charge >= 0.3 is 0 Å². The highest BCUT2D eigenvalue weighted by Crippen LogP contribution is 2.44. The fraction of sp³-hybridized carbons (Fsp3) is 0.500. The molecular weight excluding hydrogens is 396 g/mol. The third-order valence-corrected chi connectivity index (χ3v) is 7.00. The van der Waals surface area contributed by atoms with Crippen LogP contribution >= 0.6 is 11.3 Å². The molecule has 1 atom stereocenters. The van der Waals surface area contributed by atoms with E-state index in [4.69, 9.17) is 10.5 Å². The zero-order chi connectivity index (χ0) is 21.9. The summed E-state index contributed by atoms with van der Waals surface area (Å²) < 4.78 is 5.71. The number of hydrogen-bond donors (Lipinski definition) is 2. The number of ether oxygens (including phenoxy) is 1. The van der Waals surface area contributed by atoms with Gasteiger partial charge in [0.2, 0.25) is 0 Å². The number of nitrogens with one attached hydrogen (secondary N) is 1. The van der Waals surface area contributed by atoms with E-state index in [1.807, 2.05) is 6.07 Å². The van der Waals surface area contributed by atoms with Crippen LogP contribution in [0.3, 0.4) is 0 Å². The molecule has 2 aromatic rings. The number of carbonyl (C=O) groups excluding carboxylic acids is 2. The van der Waals surface area contributed by atoms with Crippen molar-refractivity contribution in [3.8, 4) is 5.75 Å². The second kappa shape index (κ2) is 9.21. The third kappa shape index (κ3) is 5.04. The van der Waals surface area contributed by atoms with E-state index >= 15 is 0 Å². The van der Waals surface area contributed by atoms with E-state index < -0.39 is 5.91 Å². The zero-order valence-electron chi connectivity index (χ0n) is 18.3. The molecule has 0 radical (unpaired) electrons. The van der Waals surface area contributed by atoms with Gasteiger partial charge in [-0.1, -0.05) is 40.2 Å². The topological polar surface area (TPSA) is 81.4 Å². The van der Waals surface area contributed by atoms with E-state index in [9.17, 15) is 9.59 Å². The minimum Gasteiger partial charge on any atom is -0.494 e. The summed E-state index contributed by atoms with van der Waals surface area (Å²) in [7, 11) is 0. The normalized spacial score (nSPS) is 16.1. The van der Waals surface area contributed by atoms with Gasteiger partial charge in [-0.25, -0.2) is 0 Å². The van der Waals surface area contributed by atoms with Crippen LogP contribution in [-0.4, -0.2) is 18.4 Å². The van der Waals surface area contributed by atoms with Crippen LogP contribution in [0.25, 0.3) is 0 Å². The first-order valence-corrected chi connectivity index (χ1v) is 11.5. The number of nitrogens with two attached hydrogens (primary N) is 1. The first-order chi connectivity index (χ1) is 14.2. The minimum atomic E-state index is -0.478. The molecule has 1 aliphatic rings. The van der Waals surface area contributed by atoms with Crippen LogP contribution in [0.1, 0.15) is 78.1 Å². The summed E-state index contributed by atoms with van der Waals surface area (Å²) in [5.74, 6) is 0.479. The molecule has 3 N–H and O–H groups in total. The molecule has 1 aromatic carbocycles. The number of thiophene rings is 1. The Kier molecular flexibility index (Phi) is 6.86. The van der Waals surface area contributed by atoms with E-state index in [-0.39, 0.29) is 11.3 Å². The molecule has 3 rings (SSSR count). The van der Waals surface area contributed by atoms with Crippen LogP contribution in [0.15, 0.2) is 24.3 Å². The van der Waals surface area contributed by atoms with Crippen LogP contribution < -0.4 is 15.8 Å². The van der Waals surface area contributed by atoms with Crippen LogP contribution in [0, 0.1) is 11.3 Å². The van der Waals surface area contributed by atoms with Crippen molar-refractivity contribution in [2.75, 3.05) is 11.9 Å². The number of carbonyl (C=O) groups is 2. The fourth-order valence-corrected chi connectivity index (χ4v) is 5.24.